The van der Waals surface area contributed by atoms with Crippen molar-refractivity contribution in [1.29, 1.82) is 0 Å². The minimum Gasteiger partial charge on any atom is -0.347 e. The van der Waals surface area contributed by atoms with Gasteiger partial charge in [0.15, 0.2) is 0 Å². The normalized spacial score (nSPS) is 10.2. The van der Waals surface area contributed by atoms with E-state index < -0.39 is 0 Å². The summed E-state index contributed by atoms with van der Waals surface area (Å²) in [5.74, 6) is -0.154. The van der Waals surface area contributed by atoms with Crippen molar-refractivity contribution in [2.75, 3.05) is 0 Å². The molecule has 0 saturated carbocycles. The van der Waals surface area contributed by atoms with E-state index in [1.54, 1.807) is 23.5 Å². The van der Waals surface area contributed by atoms with Crippen LogP contribution >= 0.6 is 38.9 Å². The molecule has 0 spiro atoms. The van der Waals surface area contributed by atoms with Crippen LogP contribution in [0.4, 0.5) is 0 Å². The fourth-order valence-electron chi connectivity index (χ4n) is 1.26. The topological polar surface area (TPSA) is 42.0 Å². The van der Waals surface area contributed by atoms with Gasteiger partial charge in [0.25, 0.3) is 5.91 Å². The molecule has 0 aliphatic heterocycles. The average Bonchev–Trinajstić information content (AvgIpc) is 2.72. The summed E-state index contributed by atoms with van der Waals surface area (Å²) in [4.78, 5) is 16.7. The van der Waals surface area contributed by atoms with Crippen molar-refractivity contribution in [2.45, 2.75) is 6.54 Å². The Morgan fingerprint density at radius 1 is 1.53 bits per heavy atom. The number of carbonyl (C=O) groups excluding carboxylic acids is 1. The second-order valence-electron chi connectivity index (χ2n) is 3.28. The molecular formula is C11H8BrClN2OS. The number of hydrogen-bond donors (Lipinski definition) is 1. The molecular weight excluding hydrogens is 324 g/mol. The number of halogens is 2. The summed E-state index contributed by atoms with van der Waals surface area (Å²) in [6.07, 6.45) is 1.51. The first-order valence-electron chi connectivity index (χ1n) is 4.78. The van der Waals surface area contributed by atoms with Crippen molar-refractivity contribution in [3.63, 3.8) is 0 Å². The SMILES string of the molecule is O=C(NCc1cc(Br)cs1)c1ccnc(Cl)c1. The standard InChI is InChI=1S/C11H8BrClN2OS/c12-8-4-9(17-6-8)5-15-11(16)7-1-2-14-10(13)3-7/h1-4,6H,5H2,(H,15,16). The maximum absolute atomic E-state index is 11.8. The molecule has 3 nitrogen and oxygen atoms in total. The highest BCUT2D eigenvalue weighted by Crippen LogP contribution is 2.19. The van der Waals surface area contributed by atoms with Crippen LogP contribution in [0.15, 0.2) is 34.2 Å². The number of nitrogens with one attached hydrogen (secondary N) is 1. The van der Waals surface area contributed by atoms with Crippen molar-refractivity contribution < 1.29 is 4.79 Å². The van der Waals surface area contributed by atoms with Gasteiger partial charge in [0.2, 0.25) is 0 Å². The molecule has 2 rings (SSSR count). The third-order valence-corrected chi connectivity index (χ3v) is 3.94. The zero-order valence-corrected chi connectivity index (χ0v) is 11.8. The van der Waals surface area contributed by atoms with E-state index in [4.69, 9.17) is 11.6 Å². The van der Waals surface area contributed by atoms with Crippen LogP contribution in [-0.4, -0.2) is 10.9 Å². The lowest BCUT2D eigenvalue weighted by molar-refractivity contribution is 0.0951. The zero-order valence-electron chi connectivity index (χ0n) is 8.61. The van der Waals surface area contributed by atoms with E-state index in [-0.39, 0.29) is 5.91 Å². The predicted molar refractivity (Wildman–Crippen MR) is 72.4 cm³/mol. The number of rotatable bonds is 3. The molecule has 0 aromatic carbocycles. The van der Waals surface area contributed by atoms with E-state index in [2.05, 4.69) is 26.2 Å². The quantitative estimate of drug-likeness (QED) is 0.875. The molecule has 0 radical (unpaired) electrons. The van der Waals surface area contributed by atoms with Gasteiger partial charge < -0.3 is 5.32 Å². The molecule has 1 N–H and O–H groups in total. The number of pyridine rings is 1. The van der Waals surface area contributed by atoms with Crippen molar-refractivity contribution in [2.24, 2.45) is 0 Å². The number of amides is 1. The van der Waals surface area contributed by atoms with E-state index in [0.717, 1.165) is 9.35 Å². The Hall–Kier alpha value is -0.910. The van der Waals surface area contributed by atoms with Gasteiger partial charge in [-0.2, -0.15) is 0 Å². The van der Waals surface area contributed by atoms with Crippen LogP contribution in [0.3, 0.4) is 0 Å². The predicted octanol–water partition coefficient (Wildman–Crippen LogP) is 3.49. The van der Waals surface area contributed by atoms with E-state index in [0.29, 0.717) is 17.3 Å². The van der Waals surface area contributed by atoms with Gasteiger partial charge in [0.05, 0.1) is 6.54 Å². The summed E-state index contributed by atoms with van der Waals surface area (Å²) in [6.45, 7) is 0.509. The van der Waals surface area contributed by atoms with Gasteiger partial charge in [-0.1, -0.05) is 11.6 Å². The Labute approximate surface area is 116 Å². The third-order valence-electron chi connectivity index (χ3n) is 2.03. The second-order valence-corrected chi connectivity index (χ2v) is 5.58. The van der Waals surface area contributed by atoms with Crippen LogP contribution in [0.25, 0.3) is 0 Å². The maximum atomic E-state index is 11.8. The van der Waals surface area contributed by atoms with E-state index in [9.17, 15) is 4.79 Å². The molecule has 6 heteroatoms. The minimum atomic E-state index is -0.154. The lowest BCUT2D eigenvalue weighted by Crippen LogP contribution is -2.22. The highest BCUT2D eigenvalue weighted by atomic mass is 79.9. The molecule has 88 valence electrons. The van der Waals surface area contributed by atoms with Gasteiger partial charge in [0.1, 0.15) is 5.15 Å². The highest BCUT2D eigenvalue weighted by Gasteiger charge is 2.06. The fraction of sp³-hybridized carbons (Fsp3) is 0.0909. The van der Waals surface area contributed by atoms with E-state index in [1.807, 2.05) is 11.4 Å². The summed E-state index contributed by atoms with van der Waals surface area (Å²) in [5, 5.41) is 5.11. The number of nitrogens with zero attached hydrogens (tertiary/aromatic N) is 1. The number of carbonyl (C=O) groups is 1. The van der Waals surface area contributed by atoms with Gasteiger partial charge in [-0.25, -0.2) is 4.98 Å². The molecule has 2 aromatic heterocycles. The van der Waals surface area contributed by atoms with Crippen LogP contribution < -0.4 is 5.32 Å². The lowest BCUT2D eigenvalue weighted by atomic mass is 10.2. The summed E-state index contributed by atoms with van der Waals surface area (Å²) in [6, 6.07) is 5.15. The second kappa shape index (κ2) is 5.62. The zero-order chi connectivity index (χ0) is 12.3. The Bertz CT molecular complexity index is 544. The molecule has 2 heterocycles. The molecule has 0 saturated heterocycles. The number of thiophene rings is 1. The van der Waals surface area contributed by atoms with Crippen LogP contribution in [0, 0.1) is 0 Å². The first-order valence-corrected chi connectivity index (χ1v) is 6.83. The summed E-state index contributed by atoms with van der Waals surface area (Å²) >= 11 is 10.7. The first kappa shape index (κ1) is 12.5. The molecule has 0 bridgehead atoms. The van der Waals surface area contributed by atoms with Crippen molar-refractivity contribution in [3.8, 4) is 0 Å². The molecule has 0 unspecified atom stereocenters. The van der Waals surface area contributed by atoms with Crippen LogP contribution in [0.1, 0.15) is 15.2 Å². The van der Waals surface area contributed by atoms with Crippen LogP contribution in [-0.2, 0) is 6.54 Å². The van der Waals surface area contributed by atoms with Crippen molar-refractivity contribution >= 4 is 44.8 Å². The molecule has 0 aliphatic rings. The molecule has 0 atom stereocenters. The van der Waals surface area contributed by atoms with Gasteiger partial charge >= 0.3 is 0 Å². The van der Waals surface area contributed by atoms with Gasteiger partial charge in [-0.05, 0) is 34.1 Å². The number of aromatic nitrogens is 1. The van der Waals surface area contributed by atoms with Crippen LogP contribution in [0.2, 0.25) is 5.15 Å². The Kier molecular flexibility index (Phi) is 4.15. The minimum absolute atomic E-state index is 0.154. The third kappa shape index (κ3) is 3.52. The van der Waals surface area contributed by atoms with E-state index in [1.165, 1.54) is 6.20 Å². The molecule has 17 heavy (non-hydrogen) atoms. The maximum Gasteiger partial charge on any atom is 0.251 e. The first-order chi connectivity index (χ1) is 8.15. The van der Waals surface area contributed by atoms with Gasteiger partial charge in [-0.3, -0.25) is 4.79 Å². The van der Waals surface area contributed by atoms with Gasteiger partial charge in [-0.15, -0.1) is 11.3 Å². The molecule has 1 amide bonds. The fourth-order valence-corrected chi connectivity index (χ4v) is 2.82. The Morgan fingerprint density at radius 3 is 3.00 bits per heavy atom. The van der Waals surface area contributed by atoms with Gasteiger partial charge in [0, 0.05) is 26.5 Å². The Balaban J connectivity index is 1.98. The Morgan fingerprint density at radius 2 is 2.35 bits per heavy atom. The summed E-state index contributed by atoms with van der Waals surface area (Å²) < 4.78 is 1.03. The van der Waals surface area contributed by atoms with Crippen molar-refractivity contribution in [3.05, 3.63) is 49.8 Å². The monoisotopic (exact) mass is 330 g/mol. The molecule has 2 aromatic rings. The lowest BCUT2D eigenvalue weighted by Gasteiger charge is -2.03. The molecule has 0 aliphatic carbocycles. The van der Waals surface area contributed by atoms with E-state index >= 15 is 0 Å². The van der Waals surface area contributed by atoms with Crippen molar-refractivity contribution in [1.82, 2.24) is 10.3 Å². The average molecular weight is 332 g/mol. The summed E-state index contributed by atoms with van der Waals surface area (Å²) in [7, 11) is 0. The summed E-state index contributed by atoms with van der Waals surface area (Å²) in [5.41, 5.74) is 0.514. The number of hydrogen-bond acceptors (Lipinski definition) is 3. The largest absolute Gasteiger partial charge is 0.347 e. The smallest absolute Gasteiger partial charge is 0.251 e. The van der Waals surface area contributed by atoms with Crippen LogP contribution in [0.5, 0.6) is 0 Å². The molecule has 0 fully saturated rings. The highest BCUT2D eigenvalue weighted by molar-refractivity contribution is 9.10.